The highest BCUT2D eigenvalue weighted by atomic mass is 16.2. The lowest BCUT2D eigenvalue weighted by Gasteiger charge is -2.24. The smallest absolute Gasteiger partial charge is 0.239 e. The van der Waals surface area contributed by atoms with E-state index in [4.69, 9.17) is 6.42 Å². The zero-order valence-corrected chi connectivity index (χ0v) is 15.2. The molecule has 138 valence electrons. The maximum absolute atomic E-state index is 12.5. The SMILES string of the molecule is C#CCCC1(CCNC(=O)CN(Cc2cccnc2)c2ccccc2)N=N1. The van der Waals surface area contributed by atoms with Crippen molar-refractivity contribution in [3.05, 3.63) is 60.4 Å². The summed E-state index contributed by atoms with van der Waals surface area (Å²) in [5, 5.41) is 11.2. The summed E-state index contributed by atoms with van der Waals surface area (Å²) in [4.78, 5) is 18.7. The van der Waals surface area contributed by atoms with Crippen molar-refractivity contribution in [3.63, 3.8) is 0 Å². The molecule has 2 heterocycles. The highest BCUT2D eigenvalue weighted by Crippen LogP contribution is 2.36. The Morgan fingerprint density at radius 3 is 2.63 bits per heavy atom. The van der Waals surface area contributed by atoms with Crippen LogP contribution in [0.4, 0.5) is 5.69 Å². The molecule has 1 amide bonds. The van der Waals surface area contributed by atoms with Crippen molar-refractivity contribution in [1.29, 1.82) is 0 Å². The third kappa shape index (κ3) is 5.65. The maximum Gasteiger partial charge on any atom is 0.239 e. The third-order valence-corrected chi connectivity index (χ3v) is 4.45. The van der Waals surface area contributed by atoms with E-state index < -0.39 is 0 Å². The number of hydrogen-bond donors (Lipinski definition) is 1. The van der Waals surface area contributed by atoms with Gasteiger partial charge in [0.1, 0.15) is 0 Å². The topological polar surface area (TPSA) is 70.0 Å². The molecule has 0 bridgehead atoms. The van der Waals surface area contributed by atoms with Crippen molar-refractivity contribution in [1.82, 2.24) is 10.3 Å². The normalized spacial score (nSPS) is 13.6. The fourth-order valence-corrected chi connectivity index (χ4v) is 2.89. The molecule has 0 unspecified atom stereocenters. The second-order valence-electron chi connectivity index (χ2n) is 6.54. The lowest BCUT2D eigenvalue weighted by atomic mass is 10.0. The monoisotopic (exact) mass is 361 g/mol. The fraction of sp³-hybridized carbons (Fsp3) is 0.333. The van der Waals surface area contributed by atoms with Crippen LogP contribution in [-0.4, -0.2) is 29.6 Å². The first-order chi connectivity index (χ1) is 13.2. The molecule has 3 rings (SSSR count). The molecular formula is C21H23N5O. The van der Waals surface area contributed by atoms with Crippen molar-refractivity contribution in [2.75, 3.05) is 18.0 Å². The van der Waals surface area contributed by atoms with Crippen molar-refractivity contribution in [2.24, 2.45) is 10.2 Å². The number of carbonyl (C=O) groups is 1. The first kappa shape index (κ1) is 18.6. The summed E-state index contributed by atoms with van der Waals surface area (Å²) in [6.07, 6.45) is 10.9. The number of nitrogens with one attached hydrogen (secondary N) is 1. The summed E-state index contributed by atoms with van der Waals surface area (Å²) < 4.78 is 0. The summed E-state index contributed by atoms with van der Waals surface area (Å²) in [6.45, 7) is 1.42. The van der Waals surface area contributed by atoms with Gasteiger partial charge in [0.2, 0.25) is 5.91 Å². The van der Waals surface area contributed by atoms with Gasteiger partial charge in [-0.15, -0.1) is 12.3 Å². The number of terminal acetylenes is 1. The van der Waals surface area contributed by atoms with Gasteiger partial charge >= 0.3 is 0 Å². The lowest BCUT2D eigenvalue weighted by Crippen LogP contribution is -2.38. The number of pyridine rings is 1. The van der Waals surface area contributed by atoms with Gasteiger partial charge in [0, 0.05) is 50.4 Å². The van der Waals surface area contributed by atoms with Crippen LogP contribution in [-0.2, 0) is 11.3 Å². The predicted octanol–water partition coefficient (Wildman–Crippen LogP) is 3.17. The quantitative estimate of drug-likeness (QED) is 0.661. The predicted molar refractivity (Wildman–Crippen MR) is 105 cm³/mol. The molecule has 2 aromatic rings. The average Bonchev–Trinajstić information content (AvgIpc) is 3.47. The van der Waals surface area contributed by atoms with Gasteiger partial charge in [-0.1, -0.05) is 24.3 Å². The van der Waals surface area contributed by atoms with Crippen LogP contribution in [0.1, 0.15) is 24.8 Å². The molecule has 0 atom stereocenters. The Labute approximate surface area is 159 Å². The molecule has 27 heavy (non-hydrogen) atoms. The first-order valence-electron chi connectivity index (χ1n) is 9.04. The molecule has 0 aliphatic carbocycles. The fourth-order valence-electron chi connectivity index (χ4n) is 2.89. The highest BCUT2D eigenvalue weighted by molar-refractivity contribution is 5.81. The van der Waals surface area contributed by atoms with Crippen molar-refractivity contribution >= 4 is 11.6 Å². The summed E-state index contributed by atoms with van der Waals surface area (Å²) in [5.74, 6) is 2.58. The van der Waals surface area contributed by atoms with Gasteiger partial charge in [0.25, 0.3) is 0 Å². The van der Waals surface area contributed by atoms with Crippen LogP contribution in [0.5, 0.6) is 0 Å². The number of anilines is 1. The molecule has 1 aromatic heterocycles. The van der Waals surface area contributed by atoms with Gasteiger partial charge in [-0.2, -0.15) is 10.2 Å². The van der Waals surface area contributed by atoms with E-state index in [9.17, 15) is 4.79 Å². The van der Waals surface area contributed by atoms with E-state index in [1.165, 1.54) is 0 Å². The van der Waals surface area contributed by atoms with Gasteiger partial charge < -0.3 is 10.2 Å². The Bertz CT molecular complexity index is 807. The van der Waals surface area contributed by atoms with Gasteiger partial charge in [-0.05, 0) is 23.8 Å². The Morgan fingerprint density at radius 2 is 1.96 bits per heavy atom. The Kier molecular flexibility index (Phi) is 6.16. The Balaban J connectivity index is 1.54. The van der Waals surface area contributed by atoms with Gasteiger partial charge in [-0.3, -0.25) is 9.78 Å². The van der Waals surface area contributed by atoms with Crippen LogP contribution >= 0.6 is 0 Å². The van der Waals surface area contributed by atoms with E-state index in [2.05, 4.69) is 26.4 Å². The van der Waals surface area contributed by atoms with Crippen molar-refractivity contribution < 1.29 is 4.79 Å². The van der Waals surface area contributed by atoms with E-state index in [1.807, 2.05) is 53.6 Å². The number of nitrogens with zero attached hydrogens (tertiary/aromatic N) is 4. The first-order valence-corrected chi connectivity index (χ1v) is 9.04. The molecule has 0 fully saturated rings. The number of para-hydroxylation sites is 1. The van der Waals surface area contributed by atoms with Crippen LogP contribution in [0.25, 0.3) is 0 Å². The minimum absolute atomic E-state index is 0.0320. The number of rotatable bonds is 10. The summed E-state index contributed by atoms with van der Waals surface area (Å²) >= 11 is 0. The van der Waals surface area contributed by atoms with Crippen LogP contribution in [0, 0.1) is 12.3 Å². The van der Waals surface area contributed by atoms with Crippen LogP contribution in [0.15, 0.2) is 65.1 Å². The molecule has 1 N–H and O–H groups in total. The minimum atomic E-state index is -0.367. The number of aromatic nitrogens is 1. The van der Waals surface area contributed by atoms with E-state index in [0.717, 1.165) is 17.7 Å². The molecule has 0 radical (unpaired) electrons. The van der Waals surface area contributed by atoms with E-state index in [0.29, 0.717) is 25.9 Å². The van der Waals surface area contributed by atoms with Gasteiger partial charge in [0.15, 0.2) is 5.66 Å². The molecule has 0 saturated carbocycles. The number of amides is 1. The van der Waals surface area contributed by atoms with Crippen LogP contribution < -0.4 is 10.2 Å². The summed E-state index contributed by atoms with van der Waals surface area (Å²) in [5.41, 5.74) is 1.68. The zero-order chi connectivity index (χ0) is 19.0. The van der Waals surface area contributed by atoms with E-state index in [-0.39, 0.29) is 18.1 Å². The van der Waals surface area contributed by atoms with Gasteiger partial charge in [-0.25, -0.2) is 0 Å². The molecule has 1 aliphatic rings. The molecule has 6 nitrogen and oxygen atoms in total. The lowest BCUT2D eigenvalue weighted by molar-refractivity contribution is -0.119. The standard InChI is InChI=1S/C21H23N5O/c1-2-3-11-21(24-25-21)12-14-23-20(27)17-26(19-9-5-4-6-10-19)16-18-8-7-13-22-15-18/h1,4-10,13,15H,3,11-12,14,16-17H2,(H,23,27). The van der Waals surface area contributed by atoms with Crippen molar-refractivity contribution in [2.45, 2.75) is 31.5 Å². The van der Waals surface area contributed by atoms with E-state index in [1.54, 1.807) is 6.20 Å². The molecular weight excluding hydrogens is 338 g/mol. The second-order valence-corrected chi connectivity index (χ2v) is 6.54. The number of carbonyl (C=O) groups excluding carboxylic acids is 1. The molecule has 0 spiro atoms. The Morgan fingerprint density at radius 1 is 1.15 bits per heavy atom. The van der Waals surface area contributed by atoms with Crippen LogP contribution in [0.2, 0.25) is 0 Å². The maximum atomic E-state index is 12.5. The Hall–Kier alpha value is -3.20. The van der Waals surface area contributed by atoms with Gasteiger partial charge in [0.05, 0.1) is 6.54 Å². The molecule has 1 aliphatic heterocycles. The van der Waals surface area contributed by atoms with Crippen molar-refractivity contribution in [3.8, 4) is 12.3 Å². The molecule has 6 heteroatoms. The summed E-state index contributed by atoms with van der Waals surface area (Å²) in [7, 11) is 0. The average molecular weight is 361 g/mol. The third-order valence-electron chi connectivity index (χ3n) is 4.45. The molecule has 0 saturated heterocycles. The molecule has 1 aromatic carbocycles. The second kappa shape index (κ2) is 8.95. The number of hydrogen-bond acceptors (Lipinski definition) is 5. The highest BCUT2D eigenvalue weighted by Gasteiger charge is 2.38. The summed E-state index contributed by atoms with van der Waals surface area (Å²) in [6, 6.07) is 13.8. The number of benzene rings is 1. The van der Waals surface area contributed by atoms with E-state index >= 15 is 0 Å². The zero-order valence-electron chi connectivity index (χ0n) is 15.2. The largest absolute Gasteiger partial charge is 0.358 e. The van der Waals surface area contributed by atoms with Crippen LogP contribution in [0.3, 0.4) is 0 Å². The minimum Gasteiger partial charge on any atom is -0.358 e.